The molecule has 0 saturated heterocycles. The summed E-state index contributed by atoms with van der Waals surface area (Å²) in [5, 5.41) is 4.57. The molecule has 0 atom stereocenters. The minimum absolute atomic E-state index is 0.127. The number of aryl methyl sites for hydroxylation is 1. The van der Waals surface area contributed by atoms with Crippen molar-refractivity contribution in [1.29, 1.82) is 0 Å². The van der Waals surface area contributed by atoms with E-state index < -0.39 is 23.5 Å². The molecule has 4 aromatic rings. The van der Waals surface area contributed by atoms with E-state index in [0.29, 0.717) is 40.8 Å². The molecule has 1 aromatic carbocycles. The van der Waals surface area contributed by atoms with Crippen molar-refractivity contribution in [2.24, 2.45) is 0 Å². The molecule has 0 unspecified atom stereocenters. The number of hydrogen-bond acceptors (Lipinski definition) is 4. The molecule has 3 aromatic heterocycles. The third kappa shape index (κ3) is 4.22. The van der Waals surface area contributed by atoms with Crippen molar-refractivity contribution in [3.63, 3.8) is 0 Å². The first-order chi connectivity index (χ1) is 16.5. The lowest BCUT2D eigenvalue weighted by molar-refractivity contribution is -0.142. The van der Waals surface area contributed by atoms with Gasteiger partial charge in [0, 0.05) is 30.2 Å². The molecule has 0 aliphatic carbocycles. The summed E-state index contributed by atoms with van der Waals surface area (Å²) in [4.78, 5) is 10.0. The maximum Gasteiger partial charge on any atom is 0.418 e. The van der Waals surface area contributed by atoms with Crippen LogP contribution in [0.4, 0.5) is 37.8 Å². The van der Waals surface area contributed by atoms with Gasteiger partial charge in [0.1, 0.15) is 11.5 Å². The molecule has 0 radical (unpaired) electrons. The van der Waals surface area contributed by atoms with E-state index in [4.69, 9.17) is 0 Å². The molecule has 11 heteroatoms. The number of alkyl halides is 6. The van der Waals surface area contributed by atoms with Crippen LogP contribution in [0.25, 0.3) is 17.1 Å². The van der Waals surface area contributed by atoms with E-state index in [9.17, 15) is 26.3 Å². The third-order valence-electron chi connectivity index (χ3n) is 5.73. The number of rotatable bonds is 3. The molecule has 180 valence electrons. The zero-order valence-electron chi connectivity index (χ0n) is 18.2. The van der Waals surface area contributed by atoms with Gasteiger partial charge in [0.15, 0.2) is 0 Å². The highest BCUT2D eigenvalue weighted by Gasteiger charge is 2.40. The van der Waals surface area contributed by atoms with Crippen molar-refractivity contribution in [3.05, 3.63) is 83.3 Å². The average Bonchev–Trinajstić information content (AvgIpc) is 3.45. The van der Waals surface area contributed by atoms with E-state index >= 15 is 0 Å². The number of anilines is 2. The van der Waals surface area contributed by atoms with Crippen LogP contribution in [0.1, 0.15) is 22.4 Å². The minimum atomic E-state index is -4.98. The Hall–Kier alpha value is -3.89. The molecule has 0 spiro atoms. The third-order valence-corrected chi connectivity index (χ3v) is 5.73. The van der Waals surface area contributed by atoms with Gasteiger partial charge in [0.2, 0.25) is 0 Å². The molecule has 35 heavy (non-hydrogen) atoms. The maximum absolute atomic E-state index is 13.8. The van der Waals surface area contributed by atoms with Gasteiger partial charge in [-0.3, -0.25) is 4.98 Å². The van der Waals surface area contributed by atoms with E-state index in [0.717, 1.165) is 6.07 Å². The highest BCUT2D eigenvalue weighted by molar-refractivity contribution is 5.73. The van der Waals surface area contributed by atoms with E-state index in [1.165, 1.54) is 4.90 Å². The van der Waals surface area contributed by atoms with Gasteiger partial charge in [0.25, 0.3) is 0 Å². The smallest absolute Gasteiger partial charge is 0.325 e. The van der Waals surface area contributed by atoms with Crippen LogP contribution in [-0.2, 0) is 18.8 Å². The molecular weight excluding hydrogens is 472 g/mol. The van der Waals surface area contributed by atoms with Crippen LogP contribution >= 0.6 is 0 Å². The molecule has 0 fully saturated rings. The Kier molecular flexibility index (Phi) is 5.30. The van der Waals surface area contributed by atoms with Gasteiger partial charge >= 0.3 is 12.4 Å². The van der Waals surface area contributed by atoms with Gasteiger partial charge in [0.05, 0.1) is 28.2 Å². The summed E-state index contributed by atoms with van der Waals surface area (Å²) in [7, 11) is 0. The lowest BCUT2D eigenvalue weighted by Crippen LogP contribution is -2.21. The fraction of sp³-hybridized carbons (Fsp3) is 0.208. The summed E-state index contributed by atoms with van der Waals surface area (Å²) in [6, 6.07) is 10.6. The largest absolute Gasteiger partial charge is 0.418 e. The normalized spacial score (nSPS) is 13.9. The number of pyridine rings is 2. The summed E-state index contributed by atoms with van der Waals surface area (Å²) in [6.45, 7) is 1.82. The lowest BCUT2D eigenvalue weighted by atomic mass is 10.1. The molecule has 5 rings (SSSR count). The fourth-order valence-corrected chi connectivity index (χ4v) is 4.18. The zero-order chi connectivity index (χ0) is 25.0. The van der Waals surface area contributed by atoms with Crippen LogP contribution in [-0.4, -0.2) is 26.3 Å². The van der Waals surface area contributed by atoms with Gasteiger partial charge in [-0.05, 0) is 55.8 Å². The molecule has 4 heterocycles. The lowest BCUT2D eigenvalue weighted by Gasteiger charge is -2.24. The van der Waals surface area contributed by atoms with E-state index in [1.54, 1.807) is 48.3 Å². The second-order valence-electron chi connectivity index (χ2n) is 8.07. The highest BCUT2D eigenvalue weighted by atomic mass is 19.4. The Morgan fingerprint density at radius 1 is 0.857 bits per heavy atom. The maximum atomic E-state index is 13.8. The molecule has 0 N–H and O–H groups in total. The van der Waals surface area contributed by atoms with Crippen LogP contribution in [0.15, 0.2) is 60.9 Å². The molecule has 0 bridgehead atoms. The van der Waals surface area contributed by atoms with Crippen LogP contribution < -0.4 is 4.90 Å². The second-order valence-corrected chi connectivity index (χ2v) is 8.07. The monoisotopic (exact) mass is 489 g/mol. The van der Waals surface area contributed by atoms with Crippen LogP contribution in [0.5, 0.6) is 0 Å². The summed E-state index contributed by atoms with van der Waals surface area (Å²) in [5.41, 5.74) is 0.00701. The highest BCUT2D eigenvalue weighted by Crippen LogP contribution is 2.45. The van der Waals surface area contributed by atoms with Gasteiger partial charge in [-0.1, -0.05) is 6.07 Å². The number of halogens is 6. The van der Waals surface area contributed by atoms with Crippen LogP contribution in [0.2, 0.25) is 0 Å². The second kappa shape index (κ2) is 8.10. The molecule has 0 saturated carbocycles. The van der Waals surface area contributed by atoms with Crippen molar-refractivity contribution >= 4 is 11.5 Å². The Morgan fingerprint density at radius 2 is 1.66 bits per heavy atom. The van der Waals surface area contributed by atoms with E-state index in [-0.39, 0.29) is 24.1 Å². The quantitative estimate of drug-likeness (QED) is 0.314. The summed E-state index contributed by atoms with van der Waals surface area (Å²) in [6.07, 6.45) is -6.17. The molecule has 5 nitrogen and oxygen atoms in total. The number of fused-ring (bicyclic) bond motifs is 1. The average molecular weight is 489 g/mol. The SMILES string of the molecule is Cc1cc(-n2ccc(-c3ccccn3)n2)c2c(n1)N(c1ccc(C(F)(F)F)cc1C(F)(F)F)CC2. The number of nitrogens with zero attached hydrogens (tertiary/aromatic N) is 5. The summed E-state index contributed by atoms with van der Waals surface area (Å²) < 4.78 is 82.4. The minimum Gasteiger partial charge on any atom is -0.325 e. The number of hydrogen-bond donors (Lipinski definition) is 0. The molecule has 1 aliphatic rings. The molecular formula is C24H17F6N5. The van der Waals surface area contributed by atoms with Gasteiger partial charge in [-0.25, -0.2) is 9.67 Å². The van der Waals surface area contributed by atoms with Crippen molar-refractivity contribution in [2.45, 2.75) is 25.7 Å². The van der Waals surface area contributed by atoms with Crippen molar-refractivity contribution < 1.29 is 26.3 Å². The predicted molar refractivity (Wildman–Crippen MR) is 116 cm³/mol. The number of aromatic nitrogens is 4. The first-order valence-corrected chi connectivity index (χ1v) is 10.6. The van der Waals surface area contributed by atoms with E-state index in [2.05, 4.69) is 15.1 Å². The first-order valence-electron chi connectivity index (χ1n) is 10.6. The predicted octanol–water partition coefficient (Wildman–Crippen LogP) is 6.37. The summed E-state index contributed by atoms with van der Waals surface area (Å²) in [5.74, 6) is 0.264. The molecule has 1 aliphatic heterocycles. The molecule has 0 amide bonds. The van der Waals surface area contributed by atoms with Gasteiger partial charge in [-0.2, -0.15) is 31.4 Å². The van der Waals surface area contributed by atoms with Crippen molar-refractivity contribution in [1.82, 2.24) is 19.7 Å². The van der Waals surface area contributed by atoms with E-state index in [1.807, 2.05) is 6.07 Å². The van der Waals surface area contributed by atoms with Gasteiger partial charge in [-0.15, -0.1) is 0 Å². The van der Waals surface area contributed by atoms with Crippen LogP contribution in [0.3, 0.4) is 0 Å². The topological polar surface area (TPSA) is 46.8 Å². The first kappa shape index (κ1) is 22.9. The van der Waals surface area contributed by atoms with Crippen molar-refractivity contribution in [2.75, 3.05) is 11.4 Å². The van der Waals surface area contributed by atoms with Gasteiger partial charge < -0.3 is 4.90 Å². The summed E-state index contributed by atoms with van der Waals surface area (Å²) >= 11 is 0. The number of benzene rings is 1. The van der Waals surface area contributed by atoms with Crippen molar-refractivity contribution in [3.8, 4) is 17.1 Å². The Bertz CT molecular complexity index is 1390. The Labute approximate surface area is 195 Å². The van der Waals surface area contributed by atoms with Crippen LogP contribution in [0, 0.1) is 6.92 Å². The Balaban J connectivity index is 1.60. The standard InChI is InChI=1S/C24H17F6N5/c1-14-12-21(35-11-8-19(33-35)18-4-2-3-9-31-18)16-7-10-34(22(16)32-14)20-6-5-15(23(25,26)27)13-17(20)24(28,29)30/h2-6,8-9,11-13H,7,10H2,1H3. The Morgan fingerprint density at radius 3 is 2.34 bits per heavy atom. The zero-order valence-corrected chi connectivity index (χ0v) is 18.2. The fourth-order valence-electron chi connectivity index (χ4n) is 4.18.